The summed E-state index contributed by atoms with van der Waals surface area (Å²) in [5.74, 6) is -6.29. The van der Waals surface area contributed by atoms with Crippen LogP contribution in [0.5, 0.6) is 0 Å². The summed E-state index contributed by atoms with van der Waals surface area (Å²) in [6.45, 7) is 2.63. The number of carbonyl (C=O) groups excluding carboxylic acids is 7. The topological polar surface area (TPSA) is 311 Å². The third kappa shape index (κ3) is 14.1. The van der Waals surface area contributed by atoms with Crippen LogP contribution in [-0.2, 0) is 56.0 Å². The van der Waals surface area contributed by atoms with E-state index in [1.807, 2.05) is 13.8 Å². The fourth-order valence-corrected chi connectivity index (χ4v) is 6.62. The van der Waals surface area contributed by atoms with Gasteiger partial charge in [0.05, 0.1) is 38.4 Å². The number of carboxylic acid groups (broad SMARTS) is 1. The second kappa shape index (κ2) is 22.4. The van der Waals surface area contributed by atoms with Gasteiger partial charge < -0.3 is 51.9 Å². The number of aromatic nitrogens is 4. The lowest BCUT2D eigenvalue weighted by Crippen LogP contribution is -2.59. The first-order valence-electron chi connectivity index (χ1n) is 18.9. The zero-order chi connectivity index (χ0) is 42.2. The first-order valence-corrected chi connectivity index (χ1v) is 19.6. The minimum atomic E-state index is -1.41. The molecule has 0 aliphatic carbocycles. The summed E-state index contributed by atoms with van der Waals surface area (Å²) in [6, 6.07) is -6.70. The van der Waals surface area contributed by atoms with Crippen LogP contribution in [0, 0.1) is 5.92 Å². The van der Waals surface area contributed by atoms with Gasteiger partial charge in [0, 0.05) is 55.3 Å². The third-order valence-electron chi connectivity index (χ3n) is 9.34. The number of fused-ring (bicyclic) bond motifs is 1. The molecule has 2 aliphatic heterocycles. The average Bonchev–Trinajstić information content (AvgIpc) is 3.99. The summed E-state index contributed by atoms with van der Waals surface area (Å²) in [5, 5.41) is 25.1. The largest absolute Gasteiger partial charge is 0.481 e. The number of hydrogen-bond acceptors (Lipinski definition) is 13. The van der Waals surface area contributed by atoms with Gasteiger partial charge in [-0.2, -0.15) is 18.1 Å². The second-order valence-electron chi connectivity index (χ2n) is 14.4. The molecule has 22 nitrogen and oxygen atoms in total. The number of hydrogen-bond donors (Lipinski definition) is 11. The van der Waals surface area contributed by atoms with Crippen molar-refractivity contribution in [3.05, 3.63) is 36.4 Å². The maximum Gasteiger partial charge on any atom is 0.303 e. The van der Waals surface area contributed by atoms with Crippen LogP contribution < -0.4 is 37.4 Å². The molecule has 0 aromatic carbocycles. The van der Waals surface area contributed by atoms with Gasteiger partial charge in [-0.3, -0.25) is 43.2 Å². The Bertz CT molecular complexity index is 1730. The fourth-order valence-electron chi connectivity index (χ4n) is 6.38. The molecule has 6 unspecified atom stereocenters. The zero-order valence-electron chi connectivity index (χ0n) is 32.2. The van der Waals surface area contributed by atoms with Crippen molar-refractivity contribution >= 4 is 59.9 Å². The normalized spacial score (nSPS) is 25.3. The molecule has 318 valence electrons. The van der Waals surface area contributed by atoms with E-state index in [0.29, 0.717) is 17.8 Å². The van der Waals surface area contributed by atoms with E-state index in [-0.39, 0.29) is 56.9 Å². The van der Waals surface area contributed by atoms with Crippen molar-refractivity contribution in [1.29, 1.82) is 0 Å². The molecule has 2 saturated heterocycles. The molecule has 0 bridgehead atoms. The predicted octanol–water partition coefficient (Wildman–Crippen LogP) is -3.18. The van der Waals surface area contributed by atoms with Gasteiger partial charge in [0.1, 0.15) is 30.2 Å². The molecule has 58 heavy (non-hydrogen) atoms. The molecule has 2 aromatic heterocycles. The van der Waals surface area contributed by atoms with Gasteiger partial charge in [0.25, 0.3) is 0 Å². The average molecular weight is 833 g/mol. The van der Waals surface area contributed by atoms with Gasteiger partial charge in [-0.1, -0.05) is 13.8 Å². The Morgan fingerprint density at radius 1 is 0.828 bits per heavy atom. The Kier molecular flexibility index (Phi) is 17.4. The Morgan fingerprint density at radius 2 is 1.47 bits per heavy atom. The third-order valence-corrected chi connectivity index (χ3v) is 9.71. The monoisotopic (exact) mass is 832 g/mol. The molecule has 4 heterocycles. The number of aliphatic carboxylic acids is 1. The lowest BCUT2D eigenvalue weighted by atomic mass is 10.0. The summed E-state index contributed by atoms with van der Waals surface area (Å²) in [4.78, 5) is 127. The highest BCUT2D eigenvalue weighted by Gasteiger charge is 2.37. The number of imidazole rings is 2. The summed E-state index contributed by atoms with van der Waals surface area (Å²) < 4.78 is 0. The molecular weight excluding hydrogens is 781 g/mol. The van der Waals surface area contributed by atoms with E-state index < -0.39 is 103 Å². The van der Waals surface area contributed by atoms with Crippen molar-refractivity contribution in [2.24, 2.45) is 5.92 Å². The summed E-state index contributed by atoms with van der Waals surface area (Å²) in [7, 11) is 0. The molecule has 4 rings (SSSR count). The standard InChI is InChI=1S/C35H52N12O10S/c1-19(2)8-24-34(55)45-25(10-21-12-37-18-41-21)33(54)42-22(9-20-11-36-17-40-20)15-57-46-26(16-58)31(52)39-13-28(48)38-14-29(49)47-7-3-4-27(47)35(56)43-23(32(53)44-24)5-6-30(50)51/h11-12,17-19,22-27,46,58H,3-10,13-16H2,1-2H3,(H,36,40)(H,37,41)(H,38,48)(H,39,52)(H,42,54)(H,43,56)(H,44,53)(H,45,55)(H,50,51). The number of H-pyrrole nitrogens is 2. The van der Waals surface area contributed by atoms with Crippen LogP contribution in [0.25, 0.3) is 0 Å². The van der Waals surface area contributed by atoms with Crippen molar-refractivity contribution in [1.82, 2.24) is 62.2 Å². The van der Waals surface area contributed by atoms with Crippen molar-refractivity contribution in [2.45, 2.75) is 95.0 Å². The maximum atomic E-state index is 14.0. The molecule has 0 saturated carbocycles. The Balaban J connectivity index is 1.65. The molecule has 7 amide bonds. The van der Waals surface area contributed by atoms with E-state index in [1.54, 1.807) is 6.20 Å². The Morgan fingerprint density at radius 3 is 2.10 bits per heavy atom. The Labute approximate surface area is 339 Å². The number of carbonyl (C=O) groups is 8. The highest BCUT2D eigenvalue weighted by molar-refractivity contribution is 7.80. The van der Waals surface area contributed by atoms with Gasteiger partial charge >= 0.3 is 5.97 Å². The first-order chi connectivity index (χ1) is 27.7. The van der Waals surface area contributed by atoms with E-state index in [0.717, 1.165) is 0 Å². The van der Waals surface area contributed by atoms with Gasteiger partial charge in [-0.15, -0.1) is 0 Å². The number of rotatable bonds is 10. The lowest BCUT2D eigenvalue weighted by molar-refractivity contribution is -0.140. The number of aromatic amines is 2. The van der Waals surface area contributed by atoms with Crippen molar-refractivity contribution < 1.29 is 48.3 Å². The summed E-state index contributed by atoms with van der Waals surface area (Å²) in [5.41, 5.74) is 3.73. The van der Waals surface area contributed by atoms with Crippen LogP contribution in [0.1, 0.15) is 57.3 Å². The molecule has 0 radical (unpaired) electrons. The number of nitrogens with one attached hydrogen (secondary N) is 9. The molecule has 10 N–H and O–H groups in total. The number of carboxylic acids is 1. The van der Waals surface area contributed by atoms with E-state index in [9.17, 15) is 43.5 Å². The lowest BCUT2D eigenvalue weighted by Gasteiger charge is -2.28. The quantitative estimate of drug-likeness (QED) is 0.105. The highest BCUT2D eigenvalue weighted by atomic mass is 32.1. The van der Waals surface area contributed by atoms with Crippen LogP contribution >= 0.6 is 12.6 Å². The fraction of sp³-hybridized carbons (Fsp3) is 0.600. The number of hydroxylamine groups is 1. The second-order valence-corrected chi connectivity index (χ2v) is 14.8. The highest BCUT2D eigenvalue weighted by Crippen LogP contribution is 2.18. The van der Waals surface area contributed by atoms with Crippen LogP contribution in [0.3, 0.4) is 0 Å². The smallest absolute Gasteiger partial charge is 0.303 e. The number of nitrogens with zero attached hydrogens (tertiary/aromatic N) is 3. The Hall–Kier alpha value is -5.55. The van der Waals surface area contributed by atoms with E-state index in [4.69, 9.17) is 4.84 Å². The number of thiol groups is 1. The number of amides is 7. The summed E-state index contributed by atoms with van der Waals surface area (Å²) >= 11 is 4.21. The first kappa shape index (κ1) is 45.2. The molecule has 6 atom stereocenters. The van der Waals surface area contributed by atoms with Crippen LogP contribution in [0.2, 0.25) is 0 Å². The van der Waals surface area contributed by atoms with E-state index in [2.05, 4.69) is 69.9 Å². The van der Waals surface area contributed by atoms with Gasteiger partial charge in [-0.25, -0.2) is 9.97 Å². The predicted molar refractivity (Wildman–Crippen MR) is 206 cm³/mol. The minimum Gasteiger partial charge on any atom is -0.481 e. The van der Waals surface area contributed by atoms with Crippen LogP contribution in [-0.4, -0.2) is 146 Å². The van der Waals surface area contributed by atoms with Crippen LogP contribution in [0.4, 0.5) is 0 Å². The SMILES string of the molecule is CC(C)CC1NC(=O)C(CCC(=O)O)NC(=O)C2CCCN2C(=O)CNC(=O)CNC(=O)C(CS)NOCC(Cc2cnc[nH]2)NC(=O)C(Cc2cnc[nH]2)NC1=O. The zero-order valence-corrected chi connectivity index (χ0v) is 33.1. The molecule has 2 fully saturated rings. The molecule has 0 spiro atoms. The van der Waals surface area contributed by atoms with Gasteiger partial charge in [0.2, 0.25) is 41.4 Å². The van der Waals surface area contributed by atoms with Crippen LogP contribution in [0.15, 0.2) is 25.0 Å². The van der Waals surface area contributed by atoms with E-state index >= 15 is 0 Å². The van der Waals surface area contributed by atoms with Gasteiger partial charge in [-0.05, 0) is 31.6 Å². The van der Waals surface area contributed by atoms with Gasteiger partial charge in [0.15, 0.2) is 0 Å². The molecular formula is C35H52N12O10S. The minimum absolute atomic E-state index is 0.0425. The van der Waals surface area contributed by atoms with Crippen molar-refractivity contribution in [2.75, 3.05) is 32.0 Å². The maximum absolute atomic E-state index is 14.0. The van der Waals surface area contributed by atoms with Crippen molar-refractivity contribution in [3.8, 4) is 0 Å². The van der Waals surface area contributed by atoms with Crippen molar-refractivity contribution in [3.63, 3.8) is 0 Å². The van der Waals surface area contributed by atoms with E-state index in [1.165, 1.54) is 23.8 Å². The molecule has 2 aromatic rings. The molecule has 2 aliphatic rings. The molecule has 23 heteroatoms. The summed E-state index contributed by atoms with van der Waals surface area (Å²) in [6.07, 6.45) is 5.97.